The number of carbonyl (C=O) groups is 2. The number of nitrogens with one attached hydrogen (secondary N) is 1. The first kappa shape index (κ1) is 24.1. The molecule has 5 rings (SSSR count). The fraction of sp³-hybridized carbons (Fsp3) is 0.500. The largest absolute Gasteiger partial charge is 0.573 e. The lowest BCUT2D eigenvalue weighted by molar-refractivity contribution is -0.274. The van der Waals surface area contributed by atoms with Gasteiger partial charge in [0.1, 0.15) is 11.4 Å². The molecule has 3 aliphatic heterocycles. The van der Waals surface area contributed by atoms with Gasteiger partial charge in [-0.05, 0) is 48.4 Å². The lowest BCUT2D eigenvalue weighted by Gasteiger charge is -2.30. The molecule has 2 saturated heterocycles. The fourth-order valence-electron chi connectivity index (χ4n) is 5.24. The quantitative estimate of drug-likeness (QED) is 0.649. The first-order chi connectivity index (χ1) is 17.2. The number of halogens is 3. The molecule has 1 aromatic carbocycles. The SMILES string of the molecule is O=C(C=Cc1ccc(OC(F)(F)F)cc1)N1CCC2CN(C(=O)N3CCc4n[nH]nc4C3)CC2CC1. The van der Waals surface area contributed by atoms with Crippen LogP contribution in [0.2, 0.25) is 0 Å². The summed E-state index contributed by atoms with van der Waals surface area (Å²) in [5.74, 6) is 0.268. The van der Waals surface area contributed by atoms with E-state index in [0.29, 0.717) is 63.1 Å². The number of hydrogen-bond donors (Lipinski definition) is 1. The fourth-order valence-corrected chi connectivity index (χ4v) is 5.24. The van der Waals surface area contributed by atoms with E-state index in [1.807, 2.05) is 9.80 Å². The van der Waals surface area contributed by atoms with Crippen LogP contribution in [-0.4, -0.2) is 81.1 Å². The number of urea groups is 1. The highest BCUT2D eigenvalue weighted by Crippen LogP contribution is 2.33. The van der Waals surface area contributed by atoms with E-state index < -0.39 is 6.36 Å². The second kappa shape index (κ2) is 9.82. The van der Waals surface area contributed by atoms with Gasteiger partial charge in [0, 0.05) is 45.2 Å². The van der Waals surface area contributed by atoms with E-state index in [-0.39, 0.29) is 17.7 Å². The number of H-pyrrole nitrogens is 1. The number of ether oxygens (including phenoxy) is 1. The number of fused-ring (bicyclic) bond motifs is 2. The summed E-state index contributed by atoms with van der Waals surface area (Å²) in [5, 5.41) is 10.9. The van der Waals surface area contributed by atoms with Gasteiger partial charge < -0.3 is 19.4 Å². The number of aromatic amines is 1. The highest BCUT2D eigenvalue weighted by molar-refractivity contribution is 5.91. The molecule has 3 aliphatic rings. The van der Waals surface area contributed by atoms with Gasteiger partial charge in [-0.15, -0.1) is 13.2 Å². The minimum Gasteiger partial charge on any atom is -0.406 e. The van der Waals surface area contributed by atoms with Crippen LogP contribution in [0.3, 0.4) is 0 Å². The highest BCUT2D eigenvalue weighted by atomic mass is 19.4. The van der Waals surface area contributed by atoms with Gasteiger partial charge in [0.2, 0.25) is 5.91 Å². The molecule has 3 amide bonds. The first-order valence-corrected chi connectivity index (χ1v) is 12.0. The van der Waals surface area contributed by atoms with Crippen LogP contribution in [0.1, 0.15) is 29.8 Å². The average molecular weight is 505 g/mol. The Hall–Kier alpha value is -3.57. The average Bonchev–Trinajstić information content (AvgIpc) is 3.44. The Bertz CT molecular complexity index is 1120. The number of hydrogen-bond acceptors (Lipinski definition) is 5. The number of rotatable bonds is 3. The summed E-state index contributed by atoms with van der Waals surface area (Å²) < 4.78 is 40.7. The molecule has 4 heterocycles. The number of carbonyl (C=O) groups excluding carboxylic acids is 2. The van der Waals surface area contributed by atoms with Crippen molar-refractivity contribution in [3.8, 4) is 5.75 Å². The predicted molar refractivity (Wildman–Crippen MR) is 122 cm³/mol. The number of amides is 3. The maximum atomic E-state index is 13.1. The zero-order valence-electron chi connectivity index (χ0n) is 19.6. The van der Waals surface area contributed by atoms with E-state index in [9.17, 15) is 22.8 Å². The van der Waals surface area contributed by atoms with Crippen LogP contribution in [0.15, 0.2) is 30.3 Å². The Morgan fingerprint density at radius 3 is 2.28 bits per heavy atom. The van der Waals surface area contributed by atoms with Crippen LogP contribution >= 0.6 is 0 Å². The molecule has 36 heavy (non-hydrogen) atoms. The van der Waals surface area contributed by atoms with E-state index in [0.717, 1.165) is 24.2 Å². The molecule has 1 aromatic heterocycles. The summed E-state index contributed by atoms with van der Waals surface area (Å²) in [6.45, 7) is 3.71. The molecule has 12 heteroatoms. The standard InChI is InChI=1S/C24H27F3N6O3/c25-24(26,27)36-19-4-1-16(2-5-19)3-6-22(34)31-10-7-17-13-33(14-18(17)8-11-31)23(35)32-12-9-20-21(15-32)29-30-28-20/h1-6,17-18H,7-15H2,(H,28,29,30). The van der Waals surface area contributed by atoms with Gasteiger partial charge in [-0.1, -0.05) is 12.1 Å². The van der Waals surface area contributed by atoms with Crippen LogP contribution in [0.5, 0.6) is 5.75 Å². The van der Waals surface area contributed by atoms with Crippen LogP contribution in [0.25, 0.3) is 6.08 Å². The zero-order chi connectivity index (χ0) is 25.3. The van der Waals surface area contributed by atoms with E-state index >= 15 is 0 Å². The van der Waals surface area contributed by atoms with Crippen molar-refractivity contribution >= 4 is 18.0 Å². The van der Waals surface area contributed by atoms with Crippen molar-refractivity contribution in [2.75, 3.05) is 32.7 Å². The van der Waals surface area contributed by atoms with Crippen molar-refractivity contribution in [2.45, 2.75) is 32.2 Å². The molecule has 2 fully saturated rings. The Morgan fingerprint density at radius 2 is 1.61 bits per heavy atom. The summed E-state index contributed by atoms with van der Waals surface area (Å²) in [6, 6.07) is 5.40. The molecule has 2 unspecified atom stereocenters. The predicted octanol–water partition coefficient (Wildman–Crippen LogP) is 3.07. The Morgan fingerprint density at radius 1 is 0.944 bits per heavy atom. The van der Waals surface area contributed by atoms with Crippen LogP contribution in [-0.2, 0) is 17.8 Å². The number of benzene rings is 1. The van der Waals surface area contributed by atoms with Gasteiger partial charge in [-0.25, -0.2) is 4.79 Å². The Balaban J connectivity index is 1.11. The molecule has 0 saturated carbocycles. The number of aromatic nitrogens is 3. The van der Waals surface area contributed by atoms with E-state index in [2.05, 4.69) is 20.1 Å². The van der Waals surface area contributed by atoms with Gasteiger partial charge in [-0.3, -0.25) is 4.79 Å². The first-order valence-electron chi connectivity index (χ1n) is 12.0. The molecule has 192 valence electrons. The molecular formula is C24H27F3N6O3. The van der Waals surface area contributed by atoms with Gasteiger partial charge >= 0.3 is 12.4 Å². The van der Waals surface area contributed by atoms with Crippen molar-refractivity contribution in [3.05, 3.63) is 47.3 Å². The maximum Gasteiger partial charge on any atom is 0.573 e. The second-order valence-corrected chi connectivity index (χ2v) is 9.45. The minimum atomic E-state index is -4.74. The lowest BCUT2D eigenvalue weighted by Crippen LogP contribution is -2.45. The van der Waals surface area contributed by atoms with Gasteiger partial charge in [0.15, 0.2) is 0 Å². The summed E-state index contributed by atoms with van der Waals surface area (Å²) in [7, 11) is 0. The van der Waals surface area contributed by atoms with Gasteiger partial charge in [0.25, 0.3) is 0 Å². The minimum absolute atomic E-state index is 0.0410. The zero-order valence-corrected chi connectivity index (χ0v) is 19.6. The number of nitrogens with zero attached hydrogens (tertiary/aromatic N) is 5. The van der Waals surface area contributed by atoms with Crippen molar-refractivity contribution in [1.82, 2.24) is 30.1 Å². The molecule has 9 nitrogen and oxygen atoms in total. The van der Waals surface area contributed by atoms with Gasteiger partial charge in [-0.2, -0.15) is 15.4 Å². The summed E-state index contributed by atoms with van der Waals surface area (Å²) in [4.78, 5) is 31.4. The third-order valence-electron chi connectivity index (χ3n) is 7.16. The molecular weight excluding hydrogens is 477 g/mol. The molecule has 0 aliphatic carbocycles. The van der Waals surface area contributed by atoms with E-state index in [1.54, 1.807) is 11.0 Å². The van der Waals surface area contributed by atoms with E-state index in [1.165, 1.54) is 30.3 Å². The van der Waals surface area contributed by atoms with Crippen molar-refractivity contribution < 1.29 is 27.5 Å². The second-order valence-electron chi connectivity index (χ2n) is 9.45. The summed E-state index contributed by atoms with van der Waals surface area (Å²) in [5.41, 5.74) is 2.36. The smallest absolute Gasteiger partial charge is 0.406 e. The molecule has 0 radical (unpaired) electrons. The number of alkyl halides is 3. The van der Waals surface area contributed by atoms with Crippen molar-refractivity contribution in [3.63, 3.8) is 0 Å². The van der Waals surface area contributed by atoms with E-state index in [4.69, 9.17) is 0 Å². The molecule has 0 spiro atoms. The number of likely N-dealkylation sites (tertiary alicyclic amines) is 2. The van der Waals surface area contributed by atoms with Gasteiger partial charge in [0.05, 0.1) is 12.2 Å². The molecule has 2 atom stereocenters. The highest BCUT2D eigenvalue weighted by Gasteiger charge is 2.39. The van der Waals surface area contributed by atoms with Crippen molar-refractivity contribution in [2.24, 2.45) is 11.8 Å². The summed E-state index contributed by atoms with van der Waals surface area (Å²) >= 11 is 0. The Labute approximate surface area is 205 Å². The third kappa shape index (κ3) is 5.47. The Kier molecular flexibility index (Phi) is 6.59. The summed E-state index contributed by atoms with van der Waals surface area (Å²) in [6.07, 6.45) is 0.651. The third-order valence-corrected chi connectivity index (χ3v) is 7.16. The maximum absolute atomic E-state index is 13.1. The van der Waals surface area contributed by atoms with Crippen LogP contribution in [0, 0.1) is 11.8 Å². The topological polar surface area (TPSA) is 94.7 Å². The molecule has 0 bridgehead atoms. The van der Waals surface area contributed by atoms with Crippen LogP contribution < -0.4 is 4.74 Å². The van der Waals surface area contributed by atoms with Crippen LogP contribution in [0.4, 0.5) is 18.0 Å². The monoisotopic (exact) mass is 504 g/mol. The lowest BCUT2D eigenvalue weighted by atomic mass is 9.92. The molecule has 1 N–H and O–H groups in total. The molecule has 2 aromatic rings. The normalized spacial score (nSPS) is 22.4. The van der Waals surface area contributed by atoms with Crippen molar-refractivity contribution in [1.29, 1.82) is 0 Å².